The number of carbonyl (C=O) groups is 4. The van der Waals surface area contributed by atoms with E-state index in [0.717, 1.165) is 24.1 Å². The van der Waals surface area contributed by atoms with Gasteiger partial charge in [-0.3, -0.25) is 14.4 Å². The lowest BCUT2D eigenvalue weighted by atomic mass is 10.0. The molecule has 2 fully saturated rings. The minimum Gasteiger partial charge on any atom is -0.477 e. The number of rotatable bonds is 14. The number of aromatic nitrogens is 2. The molecule has 1 aliphatic carbocycles. The summed E-state index contributed by atoms with van der Waals surface area (Å²) in [5.41, 5.74) is 12.1. The van der Waals surface area contributed by atoms with E-state index in [-0.39, 0.29) is 54.4 Å². The molecule has 1 aromatic carbocycles. The van der Waals surface area contributed by atoms with Crippen molar-refractivity contribution in [2.75, 3.05) is 24.6 Å². The van der Waals surface area contributed by atoms with E-state index in [9.17, 15) is 27.6 Å². The van der Waals surface area contributed by atoms with Crippen molar-refractivity contribution in [2.24, 2.45) is 5.92 Å². The molecule has 292 valence electrons. The van der Waals surface area contributed by atoms with Gasteiger partial charge in [-0.2, -0.15) is 0 Å². The quantitative estimate of drug-likeness (QED) is 0.104. The van der Waals surface area contributed by atoms with E-state index in [1.54, 1.807) is 19.9 Å². The van der Waals surface area contributed by atoms with Gasteiger partial charge in [0.1, 0.15) is 28.6 Å². The Kier molecular flexibility index (Phi) is 11.7. The van der Waals surface area contributed by atoms with Crippen LogP contribution in [0, 0.1) is 12.8 Å². The lowest BCUT2D eigenvalue weighted by Crippen LogP contribution is -2.57. The summed E-state index contributed by atoms with van der Waals surface area (Å²) in [7, 11) is -4.42. The Morgan fingerprint density at radius 1 is 1.17 bits per heavy atom. The van der Waals surface area contributed by atoms with Crippen LogP contribution < -0.4 is 26.8 Å². The number of para-hydroxylation sites is 1. The number of nitrogen functional groups attached to an aromatic ring is 2. The van der Waals surface area contributed by atoms with E-state index in [4.69, 9.17) is 20.9 Å². The maximum absolute atomic E-state index is 14.1. The molecule has 0 bridgehead atoms. The van der Waals surface area contributed by atoms with Gasteiger partial charge >= 0.3 is 6.09 Å². The molecule has 5 rings (SSSR count). The third kappa shape index (κ3) is 8.53. The van der Waals surface area contributed by atoms with Crippen LogP contribution in [-0.4, -0.2) is 94.9 Å². The van der Waals surface area contributed by atoms with Crippen molar-refractivity contribution in [3.05, 3.63) is 66.3 Å². The molecule has 2 aromatic rings. The van der Waals surface area contributed by atoms with Crippen LogP contribution >= 0.6 is 0 Å². The maximum Gasteiger partial charge on any atom is 0.410 e. The lowest BCUT2D eigenvalue weighted by Gasteiger charge is -2.30. The molecule has 1 aromatic heterocycles. The van der Waals surface area contributed by atoms with Crippen molar-refractivity contribution in [1.82, 2.24) is 35.1 Å². The maximum atomic E-state index is 14.1. The van der Waals surface area contributed by atoms with Crippen molar-refractivity contribution in [3.63, 3.8) is 0 Å². The number of anilines is 2. The van der Waals surface area contributed by atoms with Crippen LogP contribution in [-0.2, 0) is 46.8 Å². The Labute approximate surface area is 315 Å². The first kappa shape index (κ1) is 39.8. The topological polar surface area (TPSA) is 241 Å². The van der Waals surface area contributed by atoms with E-state index in [0.29, 0.717) is 18.7 Å². The van der Waals surface area contributed by atoms with Crippen LogP contribution in [0.5, 0.6) is 0 Å². The highest BCUT2D eigenvalue weighted by Crippen LogP contribution is 2.45. The molecule has 1 saturated heterocycles. The second-order valence-electron chi connectivity index (χ2n) is 14.0. The molecule has 1 unspecified atom stereocenters. The van der Waals surface area contributed by atoms with Gasteiger partial charge in [0.2, 0.25) is 17.8 Å². The SMILES string of the molecule is C=C[C@@H]1C[C@]1(NC(=O)[C@@H]1C[C@@H](OC(=O)N2CCc3nc(N)nc(C)c3C2)CN1C(=O)[C@H](C)NC(=C)OC(C)CCC)C(=O)NS(=O)(=O)c1ccccc1N. The standard InChI is InChI=1S/C36H49N9O8S/c1-7-11-20(3)52-23(6)39-22(5)32(47)45-18-25(53-35(49)44-15-14-28-26(19-44)21(4)40-34(38)41-28)16-29(45)31(46)42-36(17-24(36)8-2)33(48)43-54(50,51)30-13-10-9-12-27(30)37/h8-10,12-13,20,22,24-25,29,39H,2,6-7,11,14-19,37H2,1,3-5H3,(H,42,46)(H,43,48)(H2,38,40,41)/t20?,22-,24+,25+,29-,36+/m0/s1. The molecule has 3 heterocycles. The molecular formula is C36H49N9O8S. The molecule has 3 aliphatic rings. The van der Waals surface area contributed by atoms with Gasteiger partial charge in [0, 0.05) is 36.6 Å². The molecule has 7 N–H and O–H groups in total. The number of aryl methyl sites for hydroxylation is 1. The zero-order valence-corrected chi connectivity index (χ0v) is 31.8. The lowest BCUT2D eigenvalue weighted by molar-refractivity contribution is -0.141. The number of sulfonamides is 1. The molecule has 54 heavy (non-hydrogen) atoms. The summed E-state index contributed by atoms with van der Waals surface area (Å²) in [6, 6.07) is 3.54. The summed E-state index contributed by atoms with van der Waals surface area (Å²) >= 11 is 0. The van der Waals surface area contributed by atoms with Crippen molar-refractivity contribution >= 4 is 45.5 Å². The van der Waals surface area contributed by atoms with Crippen LogP contribution in [0.25, 0.3) is 0 Å². The zero-order chi connectivity index (χ0) is 39.5. The number of nitrogens with two attached hydrogens (primary N) is 2. The number of nitrogens with one attached hydrogen (secondary N) is 3. The van der Waals surface area contributed by atoms with Gasteiger partial charge in [-0.05, 0) is 52.3 Å². The van der Waals surface area contributed by atoms with Crippen molar-refractivity contribution < 1.29 is 37.1 Å². The molecule has 1 saturated carbocycles. The predicted molar refractivity (Wildman–Crippen MR) is 198 cm³/mol. The van der Waals surface area contributed by atoms with Crippen molar-refractivity contribution in [3.8, 4) is 0 Å². The molecule has 0 radical (unpaired) electrons. The summed E-state index contributed by atoms with van der Waals surface area (Å²) in [5.74, 6) is -2.53. The average Bonchev–Trinajstić information content (AvgIpc) is 3.66. The molecule has 4 amide bonds. The molecule has 18 heteroatoms. The highest BCUT2D eigenvalue weighted by Gasteiger charge is 2.61. The Hall–Kier alpha value is -5.39. The first-order valence-electron chi connectivity index (χ1n) is 17.9. The third-order valence-corrected chi connectivity index (χ3v) is 11.3. The molecule has 0 spiro atoms. The minimum atomic E-state index is -4.42. The minimum absolute atomic E-state index is 0.0588. The predicted octanol–water partition coefficient (Wildman–Crippen LogP) is 1.63. The number of likely N-dealkylation sites (tertiary alicyclic amines) is 1. The fourth-order valence-electron chi connectivity index (χ4n) is 6.97. The number of hydrogen-bond acceptors (Lipinski definition) is 13. The second-order valence-corrected chi connectivity index (χ2v) is 15.6. The van der Waals surface area contributed by atoms with Gasteiger partial charge in [-0.1, -0.05) is 31.6 Å². The van der Waals surface area contributed by atoms with E-state index in [1.807, 2.05) is 18.6 Å². The highest BCUT2D eigenvalue weighted by molar-refractivity contribution is 7.90. The van der Waals surface area contributed by atoms with Crippen LogP contribution in [0.4, 0.5) is 16.4 Å². The summed E-state index contributed by atoms with van der Waals surface area (Å²) in [6.45, 7) is 15.3. The summed E-state index contributed by atoms with van der Waals surface area (Å²) in [5, 5.41) is 5.65. The Balaban J connectivity index is 1.34. The molecule has 17 nitrogen and oxygen atoms in total. The van der Waals surface area contributed by atoms with Gasteiger partial charge in [-0.25, -0.2) is 27.9 Å². The molecule has 6 atom stereocenters. The number of ether oxygens (including phenoxy) is 2. The summed E-state index contributed by atoms with van der Waals surface area (Å²) in [6.07, 6.45) is 1.80. The normalized spacial score (nSPS) is 22.9. The Morgan fingerprint density at radius 3 is 2.56 bits per heavy atom. The van der Waals surface area contributed by atoms with Gasteiger partial charge < -0.3 is 41.4 Å². The monoisotopic (exact) mass is 767 g/mol. The Bertz CT molecular complexity index is 1940. The van der Waals surface area contributed by atoms with E-state index >= 15 is 0 Å². The van der Waals surface area contributed by atoms with Gasteiger partial charge in [0.25, 0.3) is 15.9 Å². The molecule has 2 aliphatic heterocycles. The smallest absolute Gasteiger partial charge is 0.410 e. The van der Waals surface area contributed by atoms with Crippen LogP contribution in [0.1, 0.15) is 63.4 Å². The number of hydrogen-bond donors (Lipinski definition) is 5. The van der Waals surface area contributed by atoms with Crippen molar-refractivity contribution in [2.45, 2.75) is 101 Å². The third-order valence-electron chi connectivity index (χ3n) is 9.93. The number of carbonyl (C=O) groups excluding carboxylic acids is 4. The van der Waals surface area contributed by atoms with Gasteiger partial charge in [0.15, 0.2) is 5.88 Å². The van der Waals surface area contributed by atoms with E-state index in [2.05, 4.69) is 33.8 Å². The number of nitrogens with zero attached hydrogens (tertiary/aromatic N) is 4. The first-order chi connectivity index (χ1) is 25.5. The largest absolute Gasteiger partial charge is 0.477 e. The highest BCUT2D eigenvalue weighted by atomic mass is 32.2. The number of fused-ring (bicyclic) bond motifs is 1. The summed E-state index contributed by atoms with van der Waals surface area (Å²) < 4.78 is 40.0. The number of amides is 4. The molecular weight excluding hydrogens is 719 g/mol. The van der Waals surface area contributed by atoms with Gasteiger partial charge in [0.05, 0.1) is 30.6 Å². The fraction of sp³-hybridized carbons (Fsp3) is 0.500. The Morgan fingerprint density at radius 2 is 1.89 bits per heavy atom. The van der Waals surface area contributed by atoms with E-state index in [1.165, 1.54) is 34.1 Å². The van der Waals surface area contributed by atoms with E-state index < -0.39 is 63.5 Å². The number of benzene rings is 1. The summed E-state index contributed by atoms with van der Waals surface area (Å²) in [4.78, 5) is 66.2. The van der Waals surface area contributed by atoms with Crippen LogP contribution in [0.15, 0.2) is 54.3 Å². The van der Waals surface area contributed by atoms with Crippen LogP contribution in [0.3, 0.4) is 0 Å². The van der Waals surface area contributed by atoms with Gasteiger partial charge in [-0.15, -0.1) is 6.58 Å². The zero-order valence-electron chi connectivity index (χ0n) is 31.0. The second kappa shape index (κ2) is 15.9. The fourth-order valence-corrected chi connectivity index (χ4v) is 8.15. The first-order valence-corrected chi connectivity index (χ1v) is 19.3. The average molecular weight is 768 g/mol. The van der Waals surface area contributed by atoms with Crippen molar-refractivity contribution in [1.29, 1.82) is 0 Å². The van der Waals surface area contributed by atoms with Crippen LogP contribution in [0.2, 0.25) is 0 Å².